The lowest BCUT2D eigenvalue weighted by Gasteiger charge is -2.24. The molecule has 0 bridgehead atoms. The molecule has 0 spiro atoms. The van der Waals surface area contributed by atoms with E-state index in [1.54, 1.807) is 7.05 Å². The zero-order valence-corrected chi connectivity index (χ0v) is 11.6. The monoisotopic (exact) mass is 264 g/mol. The van der Waals surface area contributed by atoms with Crippen LogP contribution in [0.15, 0.2) is 27.4 Å². The first kappa shape index (κ1) is 13.8. The molecule has 2 aromatic rings. The van der Waals surface area contributed by atoms with Gasteiger partial charge in [0.25, 0.3) is 0 Å². The van der Waals surface area contributed by atoms with Gasteiger partial charge in [-0.25, -0.2) is 4.79 Å². The molecule has 0 amide bonds. The van der Waals surface area contributed by atoms with Gasteiger partial charge in [-0.1, -0.05) is 6.07 Å². The number of nitrogens with zero attached hydrogens (tertiary/aromatic N) is 2. The van der Waals surface area contributed by atoms with Crippen molar-refractivity contribution in [1.29, 1.82) is 0 Å². The molecule has 0 saturated heterocycles. The minimum Gasteiger partial charge on any atom is -0.408 e. The zero-order chi connectivity index (χ0) is 14.0. The van der Waals surface area contributed by atoms with Crippen LogP contribution >= 0.6 is 0 Å². The lowest BCUT2D eigenvalue weighted by atomic mass is 10.0. The van der Waals surface area contributed by atoms with Gasteiger partial charge in [-0.3, -0.25) is 4.57 Å². The summed E-state index contributed by atoms with van der Waals surface area (Å²) in [6, 6.07) is 6.05. The van der Waals surface area contributed by atoms with Gasteiger partial charge >= 0.3 is 5.76 Å². The SMILES string of the molecule is CN(C)C(CCCO)c1ccc2c(c1)oc(=O)n2C. The maximum absolute atomic E-state index is 11.5. The first-order chi connectivity index (χ1) is 9.04. The molecule has 2 rings (SSSR count). The molecular formula is C14H20N2O3. The van der Waals surface area contributed by atoms with Crippen LogP contribution < -0.4 is 5.76 Å². The van der Waals surface area contributed by atoms with E-state index in [9.17, 15) is 4.79 Å². The Morgan fingerprint density at radius 2 is 2.16 bits per heavy atom. The van der Waals surface area contributed by atoms with Crippen molar-refractivity contribution in [2.75, 3.05) is 20.7 Å². The number of aromatic nitrogens is 1. The molecule has 1 atom stereocenters. The van der Waals surface area contributed by atoms with E-state index in [1.807, 2.05) is 32.3 Å². The lowest BCUT2D eigenvalue weighted by molar-refractivity contribution is 0.235. The van der Waals surface area contributed by atoms with E-state index in [2.05, 4.69) is 4.90 Å². The van der Waals surface area contributed by atoms with E-state index in [0.29, 0.717) is 5.58 Å². The van der Waals surface area contributed by atoms with Crippen molar-refractivity contribution in [2.24, 2.45) is 7.05 Å². The Labute approximate surface area is 112 Å². The van der Waals surface area contributed by atoms with Gasteiger partial charge in [0, 0.05) is 19.7 Å². The Morgan fingerprint density at radius 3 is 2.79 bits per heavy atom. The first-order valence-corrected chi connectivity index (χ1v) is 6.41. The average molecular weight is 264 g/mol. The topological polar surface area (TPSA) is 58.6 Å². The van der Waals surface area contributed by atoms with E-state index >= 15 is 0 Å². The smallest absolute Gasteiger partial charge is 0.408 e. The number of fused-ring (bicyclic) bond motifs is 1. The predicted molar refractivity (Wildman–Crippen MR) is 74.2 cm³/mol. The highest BCUT2D eigenvalue weighted by Gasteiger charge is 2.16. The number of benzene rings is 1. The number of rotatable bonds is 5. The zero-order valence-electron chi connectivity index (χ0n) is 11.6. The molecular weight excluding hydrogens is 244 g/mol. The second kappa shape index (κ2) is 5.59. The fraction of sp³-hybridized carbons (Fsp3) is 0.500. The largest absolute Gasteiger partial charge is 0.419 e. The molecule has 1 aromatic heterocycles. The van der Waals surface area contributed by atoms with Crippen LogP contribution in [0.1, 0.15) is 24.4 Å². The highest BCUT2D eigenvalue weighted by Crippen LogP contribution is 2.26. The van der Waals surface area contributed by atoms with Crippen LogP contribution in [0.2, 0.25) is 0 Å². The van der Waals surface area contributed by atoms with Gasteiger partial charge in [0.2, 0.25) is 0 Å². The summed E-state index contributed by atoms with van der Waals surface area (Å²) in [7, 11) is 5.71. The summed E-state index contributed by atoms with van der Waals surface area (Å²) in [5, 5.41) is 8.97. The fourth-order valence-corrected chi connectivity index (χ4v) is 2.37. The summed E-state index contributed by atoms with van der Waals surface area (Å²) in [4.78, 5) is 13.6. The van der Waals surface area contributed by atoms with E-state index in [-0.39, 0.29) is 18.4 Å². The van der Waals surface area contributed by atoms with Gasteiger partial charge in [0.05, 0.1) is 5.52 Å². The second-order valence-corrected chi connectivity index (χ2v) is 5.00. The third-order valence-corrected chi connectivity index (χ3v) is 3.46. The molecule has 0 aliphatic rings. The molecule has 0 radical (unpaired) electrons. The van der Waals surface area contributed by atoms with Crippen LogP contribution in [-0.2, 0) is 7.05 Å². The molecule has 0 aliphatic heterocycles. The van der Waals surface area contributed by atoms with Gasteiger partial charge in [-0.15, -0.1) is 0 Å². The predicted octanol–water partition coefficient (Wildman–Crippen LogP) is 1.51. The Morgan fingerprint density at radius 1 is 1.42 bits per heavy atom. The van der Waals surface area contributed by atoms with E-state index in [1.165, 1.54) is 4.57 Å². The summed E-state index contributed by atoms with van der Waals surface area (Å²) in [5.74, 6) is -0.344. The molecule has 1 heterocycles. The molecule has 104 valence electrons. The van der Waals surface area contributed by atoms with Crippen molar-refractivity contribution in [3.05, 3.63) is 34.3 Å². The average Bonchev–Trinajstić information content (AvgIpc) is 2.65. The van der Waals surface area contributed by atoms with Crippen molar-refractivity contribution in [2.45, 2.75) is 18.9 Å². The van der Waals surface area contributed by atoms with Gasteiger partial charge in [0.15, 0.2) is 5.58 Å². The Bertz CT molecular complexity index is 613. The van der Waals surface area contributed by atoms with Crippen molar-refractivity contribution in [3.8, 4) is 0 Å². The molecule has 1 N–H and O–H groups in total. The quantitative estimate of drug-likeness (QED) is 0.889. The number of hydrogen-bond donors (Lipinski definition) is 1. The van der Waals surface area contributed by atoms with Gasteiger partial charge in [-0.2, -0.15) is 0 Å². The lowest BCUT2D eigenvalue weighted by Crippen LogP contribution is -2.20. The maximum Gasteiger partial charge on any atom is 0.419 e. The van der Waals surface area contributed by atoms with Crippen molar-refractivity contribution in [1.82, 2.24) is 9.47 Å². The minimum atomic E-state index is -0.344. The number of aliphatic hydroxyl groups excluding tert-OH is 1. The summed E-state index contributed by atoms with van der Waals surface area (Å²) in [5.41, 5.74) is 2.51. The van der Waals surface area contributed by atoms with E-state index in [0.717, 1.165) is 23.9 Å². The van der Waals surface area contributed by atoms with Gasteiger partial charge in [-0.05, 0) is 44.6 Å². The first-order valence-electron chi connectivity index (χ1n) is 6.41. The molecule has 0 saturated carbocycles. The minimum absolute atomic E-state index is 0.188. The van der Waals surface area contributed by atoms with Crippen molar-refractivity contribution in [3.63, 3.8) is 0 Å². The normalized spacial score (nSPS) is 13.3. The maximum atomic E-state index is 11.5. The van der Waals surface area contributed by atoms with Crippen molar-refractivity contribution >= 4 is 11.1 Å². The standard InChI is InChI=1S/C14H20N2O3/c1-15(2)11(5-4-8-17)10-6-7-12-13(9-10)19-14(18)16(12)3/h6-7,9,11,17H,4-5,8H2,1-3H3. The van der Waals surface area contributed by atoms with Crippen LogP contribution in [0.3, 0.4) is 0 Å². The van der Waals surface area contributed by atoms with Crippen LogP contribution in [-0.4, -0.2) is 35.3 Å². The van der Waals surface area contributed by atoms with Crippen molar-refractivity contribution < 1.29 is 9.52 Å². The highest BCUT2D eigenvalue weighted by molar-refractivity contribution is 5.73. The third kappa shape index (κ3) is 2.72. The number of aliphatic hydroxyl groups is 1. The molecule has 1 aromatic carbocycles. The summed E-state index contributed by atoms with van der Waals surface area (Å²) in [6.07, 6.45) is 1.62. The number of aryl methyl sites for hydroxylation is 1. The summed E-state index contributed by atoms with van der Waals surface area (Å²) in [6.45, 7) is 0.188. The van der Waals surface area contributed by atoms with Crippen LogP contribution in [0.25, 0.3) is 11.1 Å². The number of hydrogen-bond acceptors (Lipinski definition) is 4. The van der Waals surface area contributed by atoms with Gasteiger partial charge in [0.1, 0.15) is 0 Å². The Hall–Kier alpha value is -1.59. The molecule has 1 unspecified atom stereocenters. The number of oxazole rings is 1. The van der Waals surface area contributed by atoms with E-state index in [4.69, 9.17) is 9.52 Å². The van der Waals surface area contributed by atoms with Crippen LogP contribution in [0.4, 0.5) is 0 Å². The molecule has 0 aliphatic carbocycles. The van der Waals surface area contributed by atoms with E-state index < -0.39 is 0 Å². The Kier molecular flexibility index (Phi) is 4.07. The third-order valence-electron chi connectivity index (χ3n) is 3.46. The molecule has 19 heavy (non-hydrogen) atoms. The Balaban J connectivity index is 2.40. The summed E-state index contributed by atoms with van der Waals surface area (Å²) >= 11 is 0. The van der Waals surface area contributed by atoms with Crippen LogP contribution in [0.5, 0.6) is 0 Å². The second-order valence-electron chi connectivity index (χ2n) is 5.00. The highest BCUT2D eigenvalue weighted by atomic mass is 16.4. The van der Waals surface area contributed by atoms with Gasteiger partial charge < -0.3 is 14.4 Å². The molecule has 5 nitrogen and oxygen atoms in total. The fourth-order valence-electron chi connectivity index (χ4n) is 2.37. The molecule has 5 heteroatoms. The summed E-state index contributed by atoms with van der Waals surface area (Å²) < 4.78 is 6.71. The van der Waals surface area contributed by atoms with Crippen LogP contribution in [0, 0.1) is 0 Å². The molecule has 0 fully saturated rings.